The van der Waals surface area contributed by atoms with Crippen molar-refractivity contribution in [1.82, 2.24) is 0 Å². The Morgan fingerprint density at radius 1 is 1.24 bits per heavy atom. The van der Waals surface area contributed by atoms with E-state index in [0.717, 1.165) is 19.3 Å². The molecule has 1 aliphatic carbocycles. The van der Waals surface area contributed by atoms with Gasteiger partial charge in [-0.15, -0.1) is 0 Å². The van der Waals surface area contributed by atoms with E-state index in [0.29, 0.717) is 5.92 Å². The van der Waals surface area contributed by atoms with Crippen LogP contribution in [0.15, 0.2) is 0 Å². The van der Waals surface area contributed by atoms with Crippen LogP contribution < -0.4 is 0 Å². The molecule has 0 aromatic heterocycles. The lowest BCUT2D eigenvalue weighted by atomic mass is 9.69. The van der Waals surface area contributed by atoms with Crippen LogP contribution in [0.2, 0.25) is 0 Å². The summed E-state index contributed by atoms with van der Waals surface area (Å²) in [6.45, 7) is 4.48. The molecule has 0 spiro atoms. The minimum absolute atomic E-state index is 0.0628. The van der Waals surface area contributed by atoms with Gasteiger partial charge in [0.05, 0.1) is 0 Å². The van der Waals surface area contributed by atoms with Crippen LogP contribution in [0.5, 0.6) is 0 Å². The summed E-state index contributed by atoms with van der Waals surface area (Å²) in [5.74, 6) is 0.691. The van der Waals surface area contributed by atoms with E-state index in [4.69, 9.17) is 11.6 Å². The van der Waals surface area contributed by atoms with Gasteiger partial charge in [0, 0.05) is 5.41 Å². The summed E-state index contributed by atoms with van der Waals surface area (Å²) < 4.78 is 0. The van der Waals surface area contributed by atoms with Crippen LogP contribution in [0, 0.1) is 11.3 Å². The average molecular weight is 259 g/mol. The van der Waals surface area contributed by atoms with Crippen molar-refractivity contribution in [2.45, 2.75) is 78.1 Å². The highest BCUT2D eigenvalue weighted by Crippen LogP contribution is 2.44. The van der Waals surface area contributed by atoms with Gasteiger partial charge in [-0.1, -0.05) is 58.8 Å². The second kappa shape index (κ2) is 7.41. The van der Waals surface area contributed by atoms with Crippen molar-refractivity contribution in [3.63, 3.8) is 0 Å². The smallest absolute Gasteiger partial charge is 0.227 e. The molecule has 1 unspecified atom stereocenters. The first kappa shape index (κ1) is 15.0. The zero-order chi connectivity index (χ0) is 12.7. The van der Waals surface area contributed by atoms with Gasteiger partial charge in [0.15, 0.2) is 0 Å². The van der Waals surface area contributed by atoms with E-state index in [1.165, 1.54) is 44.9 Å². The van der Waals surface area contributed by atoms with E-state index in [1.54, 1.807) is 0 Å². The fraction of sp³-hybridized carbons (Fsp3) is 0.933. The molecule has 0 saturated heterocycles. The lowest BCUT2D eigenvalue weighted by Crippen LogP contribution is -2.32. The Labute approximate surface area is 111 Å². The SMILES string of the molecule is CCCCC(CC)CC1(C(=O)Cl)CCCCC1. The predicted molar refractivity (Wildman–Crippen MR) is 74.3 cm³/mol. The average Bonchev–Trinajstić information content (AvgIpc) is 2.35. The van der Waals surface area contributed by atoms with E-state index < -0.39 is 0 Å². The normalized spacial score (nSPS) is 21.1. The van der Waals surface area contributed by atoms with Crippen LogP contribution in [-0.4, -0.2) is 5.24 Å². The third-order valence-electron chi connectivity index (χ3n) is 4.45. The van der Waals surface area contributed by atoms with Crippen molar-refractivity contribution < 1.29 is 4.79 Å². The van der Waals surface area contributed by atoms with Crippen LogP contribution in [0.25, 0.3) is 0 Å². The molecule has 17 heavy (non-hydrogen) atoms. The molecule has 1 fully saturated rings. The molecule has 0 N–H and O–H groups in total. The highest BCUT2D eigenvalue weighted by atomic mass is 35.5. The topological polar surface area (TPSA) is 17.1 Å². The fourth-order valence-corrected chi connectivity index (χ4v) is 3.47. The van der Waals surface area contributed by atoms with Gasteiger partial charge in [0.25, 0.3) is 0 Å². The summed E-state index contributed by atoms with van der Waals surface area (Å²) in [5.41, 5.74) is -0.172. The summed E-state index contributed by atoms with van der Waals surface area (Å²) in [6, 6.07) is 0. The second-order valence-corrected chi connectivity index (χ2v) is 6.08. The monoisotopic (exact) mass is 258 g/mol. The van der Waals surface area contributed by atoms with E-state index in [-0.39, 0.29) is 10.7 Å². The molecule has 100 valence electrons. The van der Waals surface area contributed by atoms with Gasteiger partial charge in [0.2, 0.25) is 5.24 Å². The Balaban J connectivity index is 2.60. The molecule has 0 radical (unpaired) electrons. The van der Waals surface area contributed by atoms with Crippen LogP contribution in [0.4, 0.5) is 0 Å². The van der Waals surface area contributed by atoms with E-state index in [9.17, 15) is 4.79 Å². The minimum Gasteiger partial charge on any atom is -0.281 e. The highest BCUT2D eigenvalue weighted by molar-refractivity contribution is 6.64. The Hall–Kier alpha value is -0.0400. The maximum atomic E-state index is 11.8. The van der Waals surface area contributed by atoms with Crippen molar-refractivity contribution in [3.05, 3.63) is 0 Å². The molecule has 1 rings (SSSR count). The summed E-state index contributed by atoms with van der Waals surface area (Å²) in [7, 11) is 0. The molecule has 0 aromatic rings. The van der Waals surface area contributed by atoms with Crippen molar-refractivity contribution >= 4 is 16.8 Å². The lowest BCUT2D eigenvalue weighted by molar-refractivity contribution is -0.123. The Bertz CT molecular complexity index is 231. The van der Waals surface area contributed by atoms with Gasteiger partial charge in [0.1, 0.15) is 0 Å². The number of carbonyl (C=O) groups excluding carboxylic acids is 1. The molecule has 0 aliphatic heterocycles. The number of halogens is 1. The van der Waals surface area contributed by atoms with Gasteiger partial charge in [-0.3, -0.25) is 4.79 Å². The standard InChI is InChI=1S/C15H27ClO/c1-3-5-9-13(4-2)12-15(14(16)17)10-7-6-8-11-15/h13H,3-12H2,1-2H3. The quantitative estimate of drug-likeness (QED) is 0.566. The lowest BCUT2D eigenvalue weighted by Gasteiger charge is -2.36. The summed E-state index contributed by atoms with van der Waals surface area (Å²) in [5, 5.41) is -0.0628. The second-order valence-electron chi connectivity index (χ2n) is 5.74. The zero-order valence-corrected chi connectivity index (χ0v) is 12.2. The molecular formula is C15H27ClO. The number of rotatable bonds is 7. The minimum atomic E-state index is -0.172. The van der Waals surface area contributed by atoms with Crippen molar-refractivity contribution in [3.8, 4) is 0 Å². The van der Waals surface area contributed by atoms with Gasteiger partial charge in [-0.25, -0.2) is 0 Å². The molecule has 0 heterocycles. The first-order valence-corrected chi connectivity index (χ1v) is 7.72. The number of unbranched alkanes of at least 4 members (excludes halogenated alkanes) is 1. The van der Waals surface area contributed by atoms with Gasteiger partial charge >= 0.3 is 0 Å². The molecule has 0 bridgehead atoms. The highest BCUT2D eigenvalue weighted by Gasteiger charge is 2.39. The van der Waals surface area contributed by atoms with Crippen LogP contribution in [-0.2, 0) is 4.79 Å². The third kappa shape index (κ3) is 4.28. The Kier molecular flexibility index (Phi) is 6.54. The first-order valence-electron chi connectivity index (χ1n) is 7.34. The van der Waals surface area contributed by atoms with Crippen LogP contribution in [0.1, 0.15) is 78.1 Å². The van der Waals surface area contributed by atoms with Crippen molar-refractivity contribution in [1.29, 1.82) is 0 Å². The molecule has 0 aromatic carbocycles. The van der Waals surface area contributed by atoms with Crippen molar-refractivity contribution in [2.24, 2.45) is 11.3 Å². The fourth-order valence-electron chi connectivity index (χ4n) is 3.21. The van der Waals surface area contributed by atoms with Gasteiger partial charge < -0.3 is 0 Å². The third-order valence-corrected chi connectivity index (χ3v) is 4.85. The Morgan fingerprint density at radius 3 is 2.35 bits per heavy atom. The van der Waals surface area contributed by atoms with Gasteiger partial charge in [-0.05, 0) is 36.8 Å². The maximum Gasteiger partial charge on any atom is 0.227 e. The van der Waals surface area contributed by atoms with Gasteiger partial charge in [-0.2, -0.15) is 0 Å². The molecule has 1 nitrogen and oxygen atoms in total. The zero-order valence-electron chi connectivity index (χ0n) is 11.4. The van der Waals surface area contributed by atoms with Crippen molar-refractivity contribution in [2.75, 3.05) is 0 Å². The molecule has 1 saturated carbocycles. The van der Waals surface area contributed by atoms with E-state index in [2.05, 4.69) is 13.8 Å². The summed E-state index contributed by atoms with van der Waals surface area (Å²) in [4.78, 5) is 11.8. The van der Waals surface area contributed by atoms with E-state index >= 15 is 0 Å². The van der Waals surface area contributed by atoms with Crippen LogP contribution in [0.3, 0.4) is 0 Å². The first-order chi connectivity index (χ1) is 8.14. The number of carbonyl (C=O) groups is 1. The molecule has 2 heteroatoms. The Morgan fingerprint density at radius 2 is 1.88 bits per heavy atom. The number of hydrogen-bond donors (Lipinski definition) is 0. The molecular weight excluding hydrogens is 232 g/mol. The molecule has 1 atom stereocenters. The summed E-state index contributed by atoms with van der Waals surface area (Å²) >= 11 is 5.91. The maximum absolute atomic E-state index is 11.8. The molecule has 0 amide bonds. The van der Waals surface area contributed by atoms with E-state index in [1.807, 2.05) is 0 Å². The largest absolute Gasteiger partial charge is 0.281 e. The molecule has 1 aliphatic rings. The summed E-state index contributed by atoms with van der Waals surface area (Å²) in [6.07, 6.45) is 11.7. The number of hydrogen-bond acceptors (Lipinski definition) is 1. The van der Waals surface area contributed by atoms with Crippen LogP contribution >= 0.6 is 11.6 Å². The predicted octanol–water partition coefficient (Wildman–Crippen LogP) is 5.31.